The maximum absolute atomic E-state index is 9.55. The molecule has 0 aromatic heterocycles. The smallest absolute Gasteiger partial charge is 0.180 e. The Labute approximate surface area is 107 Å². The fourth-order valence-corrected chi connectivity index (χ4v) is 2.96. The molecule has 1 aromatic carbocycles. The molecule has 0 radical (unpaired) electrons. The van der Waals surface area contributed by atoms with E-state index in [-0.39, 0.29) is 0 Å². The molecular weight excluding hydrogens is 222 g/mol. The van der Waals surface area contributed by atoms with Crippen LogP contribution >= 0.6 is 0 Å². The van der Waals surface area contributed by atoms with Gasteiger partial charge in [-0.2, -0.15) is 0 Å². The Morgan fingerprint density at radius 1 is 1.28 bits per heavy atom. The summed E-state index contributed by atoms with van der Waals surface area (Å²) in [5.41, 5.74) is 1.45. The normalized spacial score (nSPS) is 24.8. The van der Waals surface area contributed by atoms with Gasteiger partial charge in [0.15, 0.2) is 5.88 Å². The summed E-state index contributed by atoms with van der Waals surface area (Å²) in [5.74, 6) is 1.11. The molecule has 0 saturated heterocycles. The van der Waals surface area contributed by atoms with E-state index in [2.05, 4.69) is 42.6 Å². The summed E-state index contributed by atoms with van der Waals surface area (Å²) < 4.78 is 0. The summed E-state index contributed by atoms with van der Waals surface area (Å²) in [4.78, 5) is 0. The first-order chi connectivity index (χ1) is 8.78. The molecule has 2 unspecified atom stereocenters. The Hall–Kier alpha value is -1.70. The van der Waals surface area contributed by atoms with Crippen LogP contribution in [-0.4, -0.2) is 11.7 Å². The maximum Gasteiger partial charge on any atom is 0.180 e. The average Bonchev–Trinajstić information content (AvgIpc) is 2.37. The van der Waals surface area contributed by atoms with E-state index < -0.39 is 0 Å². The van der Waals surface area contributed by atoms with Crippen molar-refractivity contribution in [3.8, 4) is 0 Å². The van der Waals surface area contributed by atoms with Gasteiger partial charge in [0.1, 0.15) is 0 Å². The topological polar surface area (TPSA) is 32.3 Å². The van der Waals surface area contributed by atoms with E-state index in [4.69, 9.17) is 0 Å². The molecule has 1 aliphatic heterocycles. The zero-order valence-corrected chi connectivity index (χ0v) is 10.7. The van der Waals surface area contributed by atoms with Crippen molar-refractivity contribution in [1.29, 1.82) is 0 Å². The van der Waals surface area contributed by atoms with Crippen LogP contribution in [0.15, 0.2) is 30.2 Å². The number of rotatable bonds is 2. The minimum absolute atomic E-state index is 0.314. The lowest BCUT2D eigenvalue weighted by Crippen LogP contribution is -2.40. The average molecular weight is 241 g/mol. The SMILES string of the molecule is CCCc1cccc2c1=CC1CNC(O)=CC1C=2. The van der Waals surface area contributed by atoms with Gasteiger partial charge in [0.2, 0.25) is 0 Å². The van der Waals surface area contributed by atoms with Crippen LogP contribution < -0.4 is 15.8 Å². The van der Waals surface area contributed by atoms with Gasteiger partial charge in [-0.3, -0.25) is 0 Å². The number of fused-ring (bicyclic) bond motifs is 2. The number of aryl methyl sites for hydroxylation is 1. The van der Waals surface area contributed by atoms with Gasteiger partial charge >= 0.3 is 0 Å². The van der Waals surface area contributed by atoms with Gasteiger partial charge in [-0.25, -0.2) is 0 Å². The third kappa shape index (κ3) is 1.92. The van der Waals surface area contributed by atoms with E-state index in [0.717, 1.165) is 13.0 Å². The molecule has 0 bridgehead atoms. The monoisotopic (exact) mass is 241 g/mol. The fourth-order valence-electron chi connectivity index (χ4n) is 2.96. The van der Waals surface area contributed by atoms with Crippen molar-refractivity contribution in [2.24, 2.45) is 11.8 Å². The molecule has 18 heavy (non-hydrogen) atoms. The van der Waals surface area contributed by atoms with Crippen molar-refractivity contribution in [3.05, 3.63) is 46.2 Å². The number of aliphatic hydroxyl groups is 1. The molecule has 1 aromatic rings. The second kappa shape index (κ2) is 4.52. The first-order valence-corrected chi connectivity index (χ1v) is 6.74. The summed E-state index contributed by atoms with van der Waals surface area (Å²) >= 11 is 0. The lowest BCUT2D eigenvalue weighted by molar-refractivity contribution is 0.327. The third-order valence-electron chi connectivity index (χ3n) is 3.87. The summed E-state index contributed by atoms with van der Waals surface area (Å²) in [6, 6.07) is 6.55. The predicted octanol–water partition coefficient (Wildman–Crippen LogP) is 1.45. The highest BCUT2D eigenvalue weighted by molar-refractivity contribution is 5.49. The Morgan fingerprint density at radius 2 is 2.17 bits per heavy atom. The molecule has 1 heterocycles. The quantitative estimate of drug-likeness (QED) is 0.821. The van der Waals surface area contributed by atoms with Crippen LogP contribution in [0.3, 0.4) is 0 Å². The van der Waals surface area contributed by atoms with Gasteiger partial charge in [-0.15, -0.1) is 0 Å². The highest BCUT2D eigenvalue weighted by Crippen LogP contribution is 2.22. The molecule has 0 fully saturated rings. The standard InChI is InChI=1S/C16H19NO/c1-2-4-11-5-3-6-12-7-13-9-16(18)17-10-14(13)8-15(11)12/h3,5-9,13-14,17-18H,2,4,10H2,1H3. The summed E-state index contributed by atoms with van der Waals surface area (Å²) in [6.07, 6.45) is 8.90. The van der Waals surface area contributed by atoms with Gasteiger partial charge in [-0.05, 0) is 28.5 Å². The molecule has 0 saturated carbocycles. The number of nitrogens with one attached hydrogen (secondary N) is 1. The summed E-state index contributed by atoms with van der Waals surface area (Å²) in [5, 5.41) is 15.3. The minimum atomic E-state index is 0.314. The van der Waals surface area contributed by atoms with Gasteiger partial charge in [0, 0.05) is 18.4 Å². The first-order valence-electron chi connectivity index (χ1n) is 6.74. The molecule has 2 nitrogen and oxygen atoms in total. The largest absolute Gasteiger partial charge is 0.495 e. The van der Waals surface area contributed by atoms with Crippen molar-refractivity contribution < 1.29 is 5.11 Å². The molecule has 2 heteroatoms. The number of hydrogen-bond acceptors (Lipinski definition) is 2. The third-order valence-corrected chi connectivity index (χ3v) is 3.87. The minimum Gasteiger partial charge on any atom is -0.495 e. The molecule has 2 atom stereocenters. The number of allylic oxidation sites excluding steroid dienone is 1. The fraction of sp³-hybridized carbons (Fsp3) is 0.375. The molecule has 2 N–H and O–H groups in total. The molecular formula is C16H19NO. The highest BCUT2D eigenvalue weighted by atomic mass is 16.3. The number of aliphatic hydroxyl groups excluding tert-OH is 1. The van der Waals surface area contributed by atoms with E-state index in [1.807, 2.05) is 6.08 Å². The van der Waals surface area contributed by atoms with Crippen molar-refractivity contribution in [2.45, 2.75) is 19.8 Å². The summed E-state index contributed by atoms with van der Waals surface area (Å²) in [7, 11) is 0. The van der Waals surface area contributed by atoms with Crippen LogP contribution in [0.1, 0.15) is 18.9 Å². The highest BCUT2D eigenvalue weighted by Gasteiger charge is 2.23. The number of benzene rings is 1. The van der Waals surface area contributed by atoms with E-state index >= 15 is 0 Å². The molecule has 0 spiro atoms. The molecule has 2 aliphatic rings. The van der Waals surface area contributed by atoms with E-state index in [1.54, 1.807) is 0 Å². The second-order valence-corrected chi connectivity index (χ2v) is 5.18. The first kappa shape index (κ1) is 11.4. The van der Waals surface area contributed by atoms with E-state index in [1.165, 1.54) is 22.4 Å². The van der Waals surface area contributed by atoms with Gasteiger partial charge in [0.25, 0.3) is 0 Å². The molecule has 1 aliphatic carbocycles. The van der Waals surface area contributed by atoms with Gasteiger partial charge < -0.3 is 10.4 Å². The van der Waals surface area contributed by atoms with E-state index in [0.29, 0.717) is 17.7 Å². The van der Waals surface area contributed by atoms with Gasteiger partial charge in [0.05, 0.1) is 0 Å². The van der Waals surface area contributed by atoms with E-state index in [9.17, 15) is 5.11 Å². The predicted molar refractivity (Wildman–Crippen MR) is 74.3 cm³/mol. The van der Waals surface area contributed by atoms with Crippen molar-refractivity contribution in [1.82, 2.24) is 5.32 Å². The Balaban J connectivity index is 2.13. The van der Waals surface area contributed by atoms with Gasteiger partial charge in [-0.1, -0.05) is 43.7 Å². The van der Waals surface area contributed by atoms with Crippen LogP contribution in [0.4, 0.5) is 0 Å². The van der Waals surface area contributed by atoms with Crippen LogP contribution in [0.2, 0.25) is 0 Å². The maximum atomic E-state index is 9.55. The van der Waals surface area contributed by atoms with Crippen molar-refractivity contribution in [3.63, 3.8) is 0 Å². The molecule has 3 rings (SSSR count). The zero-order valence-electron chi connectivity index (χ0n) is 10.7. The van der Waals surface area contributed by atoms with Crippen LogP contribution in [0.5, 0.6) is 0 Å². The molecule has 0 amide bonds. The zero-order chi connectivity index (χ0) is 12.5. The Kier molecular flexibility index (Phi) is 2.86. The summed E-state index contributed by atoms with van der Waals surface area (Å²) in [6.45, 7) is 3.04. The van der Waals surface area contributed by atoms with Crippen molar-refractivity contribution in [2.75, 3.05) is 6.54 Å². The van der Waals surface area contributed by atoms with Crippen LogP contribution in [-0.2, 0) is 6.42 Å². The Morgan fingerprint density at radius 3 is 3.00 bits per heavy atom. The van der Waals surface area contributed by atoms with Crippen LogP contribution in [0, 0.1) is 11.8 Å². The second-order valence-electron chi connectivity index (χ2n) is 5.18. The lowest BCUT2D eigenvalue weighted by Gasteiger charge is -2.27. The van der Waals surface area contributed by atoms with Crippen molar-refractivity contribution >= 4 is 12.2 Å². The number of hydrogen-bond donors (Lipinski definition) is 2. The lowest BCUT2D eigenvalue weighted by atomic mass is 9.83. The van der Waals surface area contributed by atoms with Crippen LogP contribution in [0.25, 0.3) is 12.2 Å². The Bertz CT molecular complexity index is 600. The molecule has 94 valence electrons.